The van der Waals surface area contributed by atoms with Gasteiger partial charge in [0.1, 0.15) is 5.82 Å². The van der Waals surface area contributed by atoms with Crippen molar-refractivity contribution in [2.75, 3.05) is 4.90 Å². The van der Waals surface area contributed by atoms with E-state index in [2.05, 4.69) is 33.0 Å². The van der Waals surface area contributed by atoms with Crippen LogP contribution in [0.25, 0.3) is 0 Å². The van der Waals surface area contributed by atoms with Crippen LogP contribution in [-0.4, -0.2) is 22.0 Å². The quantitative estimate of drug-likeness (QED) is 0.450. The number of amides is 2. The first-order chi connectivity index (χ1) is 16.4. The number of aromatic amines is 1. The first-order valence-corrected chi connectivity index (χ1v) is 13.7. The van der Waals surface area contributed by atoms with Crippen LogP contribution in [0.5, 0.6) is 0 Å². The fourth-order valence-corrected chi connectivity index (χ4v) is 10.2. The van der Waals surface area contributed by atoms with Crippen LogP contribution < -0.4 is 9.77 Å². The number of hydrogen-bond acceptors (Lipinski definition) is 5. The lowest BCUT2D eigenvalue weighted by molar-refractivity contribution is -0.123. The largest absolute Gasteiger partial charge is 0.307 e. The van der Waals surface area contributed by atoms with Crippen LogP contribution in [0.15, 0.2) is 62.8 Å². The van der Waals surface area contributed by atoms with Crippen molar-refractivity contribution in [2.24, 2.45) is 29.6 Å². The standard InChI is InChI=1S/C25H18BrFN2O3S2/c26-11-3-1-2-10(8-11)16-17-14-9-15(20(17)33-22-21(16)34-25(32)28-22)19-18(14)23(30)29(24(19)31)13-6-4-12(27)5-7-13/h1-8,14-20H,9H2,(H,28,32)/t14-,15-,16?,17?,18?,19?,20?/m1/s1. The molecule has 0 spiro atoms. The number of halogens is 2. The monoisotopic (exact) mass is 556 g/mol. The van der Waals surface area contributed by atoms with Gasteiger partial charge in [-0.05, 0) is 66.1 Å². The van der Waals surface area contributed by atoms with Gasteiger partial charge in [-0.2, -0.15) is 0 Å². The lowest BCUT2D eigenvalue weighted by Gasteiger charge is -2.43. The molecule has 4 aliphatic rings. The Morgan fingerprint density at radius 3 is 2.47 bits per heavy atom. The van der Waals surface area contributed by atoms with Gasteiger partial charge < -0.3 is 4.98 Å². The summed E-state index contributed by atoms with van der Waals surface area (Å²) in [5.41, 5.74) is 1.56. The number of imide groups is 1. The maximum Gasteiger partial charge on any atom is 0.305 e. The molecule has 2 aromatic carbocycles. The predicted octanol–water partition coefficient (Wildman–Crippen LogP) is 5.02. The summed E-state index contributed by atoms with van der Waals surface area (Å²) < 4.78 is 14.4. The molecule has 2 amide bonds. The van der Waals surface area contributed by atoms with Crippen LogP contribution in [0.2, 0.25) is 0 Å². The van der Waals surface area contributed by atoms with Crippen LogP contribution >= 0.6 is 39.0 Å². The minimum absolute atomic E-state index is 0.00132. The average molecular weight is 557 g/mol. The van der Waals surface area contributed by atoms with Crippen molar-refractivity contribution in [3.63, 3.8) is 0 Å². The summed E-state index contributed by atoms with van der Waals surface area (Å²) in [4.78, 5) is 44.8. The molecular weight excluding hydrogens is 539 g/mol. The van der Waals surface area contributed by atoms with Crippen LogP contribution in [0, 0.1) is 35.4 Å². The Morgan fingerprint density at radius 1 is 1.00 bits per heavy atom. The zero-order valence-corrected chi connectivity index (χ0v) is 20.8. The second-order valence-electron chi connectivity index (χ2n) is 9.50. The highest BCUT2D eigenvalue weighted by molar-refractivity contribution is 9.10. The van der Waals surface area contributed by atoms with Crippen molar-refractivity contribution in [1.29, 1.82) is 0 Å². The normalized spacial score (nSPS) is 33.2. The van der Waals surface area contributed by atoms with Gasteiger partial charge in [0.15, 0.2) is 0 Å². The van der Waals surface area contributed by atoms with Gasteiger partial charge >= 0.3 is 4.87 Å². The van der Waals surface area contributed by atoms with E-state index in [-0.39, 0.29) is 57.4 Å². The molecule has 3 fully saturated rings. The molecule has 2 aliphatic heterocycles. The third kappa shape index (κ3) is 2.80. The summed E-state index contributed by atoms with van der Waals surface area (Å²) in [7, 11) is 0. The van der Waals surface area contributed by atoms with Crippen LogP contribution in [0.4, 0.5) is 10.1 Å². The van der Waals surface area contributed by atoms with Gasteiger partial charge in [-0.3, -0.25) is 19.3 Å². The molecule has 7 atom stereocenters. The maximum absolute atomic E-state index is 13.6. The van der Waals surface area contributed by atoms with Crippen LogP contribution in [0.1, 0.15) is 22.8 Å². The van der Waals surface area contributed by atoms with Crippen molar-refractivity contribution in [3.05, 3.63) is 78.9 Å². The summed E-state index contributed by atoms with van der Waals surface area (Å²) in [6.45, 7) is 0. The second kappa shape index (κ2) is 7.38. The topological polar surface area (TPSA) is 70.2 Å². The molecular formula is C25H18BrFN2O3S2. The van der Waals surface area contributed by atoms with Crippen molar-refractivity contribution < 1.29 is 14.0 Å². The molecule has 3 aromatic rings. The van der Waals surface area contributed by atoms with E-state index in [9.17, 15) is 18.8 Å². The van der Waals surface area contributed by atoms with Gasteiger partial charge in [0.05, 0.1) is 22.5 Å². The number of thioether (sulfide) groups is 1. The smallest absolute Gasteiger partial charge is 0.305 e. The Morgan fingerprint density at radius 2 is 1.74 bits per heavy atom. The minimum atomic E-state index is -0.400. The van der Waals surface area contributed by atoms with Crippen molar-refractivity contribution in [2.45, 2.75) is 22.6 Å². The highest BCUT2D eigenvalue weighted by Crippen LogP contribution is 2.68. The fraction of sp³-hybridized carbons (Fsp3) is 0.320. The lowest BCUT2D eigenvalue weighted by atomic mass is 9.68. The van der Waals surface area contributed by atoms with Crippen molar-refractivity contribution >= 4 is 56.5 Å². The van der Waals surface area contributed by atoms with E-state index >= 15 is 0 Å². The Kier molecular flexibility index (Phi) is 4.58. The maximum atomic E-state index is 13.6. The van der Waals surface area contributed by atoms with Gasteiger partial charge in [-0.1, -0.05) is 39.4 Å². The molecule has 2 aliphatic carbocycles. The van der Waals surface area contributed by atoms with Gasteiger partial charge in [0, 0.05) is 20.5 Å². The molecule has 5 nitrogen and oxygen atoms in total. The van der Waals surface area contributed by atoms with Gasteiger partial charge in [0.2, 0.25) is 11.8 Å². The number of nitrogens with zero attached hydrogens (tertiary/aromatic N) is 1. The molecule has 1 saturated heterocycles. The number of thiazole rings is 1. The third-order valence-corrected chi connectivity index (χ3v) is 11.1. The lowest BCUT2D eigenvalue weighted by Crippen LogP contribution is -2.42. The minimum Gasteiger partial charge on any atom is -0.307 e. The van der Waals surface area contributed by atoms with Gasteiger partial charge in [-0.15, -0.1) is 11.8 Å². The number of fused-ring (bicyclic) bond motifs is 9. The van der Waals surface area contributed by atoms with Crippen LogP contribution in [-0.2, 0) is 9.59 Å². The van der Waals surface area contributed by atoms with E-state index in [0.29, 0.717) is 5.69 Å². The number of carbonyl (C=O) groups is 2. The van der Waals surface area contributed by atoms with Gasteiger partial charge in [0.25, 0.3) is 0 Å². The average Bonchev–Trinajstić information content (AvgIpc) is 3.53. The fourth-order valence-electron chi connectivity index (χ4n) is 6.93. The zero-order valence-electron chi connectivity index (χ0n) is 17.6. The molecule has 7 rings (SSSR count). The molecule has 1 aromatic heterocycles. The molecule has 172 valence electrons. The van der Waals surface area contributed by atoms with E-state index in [1.807, 2.05) is 12.1 Å². The number of carbonyl (C=O) groups excluding carboxylic acids is 2. The third-order valence-electron chi connectivity index (χ3n) is 8.02. The Hall–Kier alpha value is -2.23. The first-order valence-electron chi connectivity index (χ1n) is 11.2. The highest BCUT2D eigenvalue weighted by atomic mass is 79.9. The Bertz CT molecular complexity index is 1420. The predicted molar refractivity (Wildman–Crippen MR) is 132 cm³/mol. The summed E-state index contributed by atoms with van der Waals surface area (Å²) in [6, 6.07) is 13.7. The van der Waals surface area contributed by atoms with E-state index in [1.165, 1.54) is 40.5 Å². The van der Waals surface area contributed by atoms with E-state index in [1.54, 1.807) is 11.8 Å². The molecule has 2 saturated carbocycles. The SMILES string of the molecule is O=C1C2C(C(=O)N1c1ccc(F)cc1)[C@@H]1C[C@H]2C2Sc3[nH]c(=O)sc3C(c3cccc(Br)c3)C21. The number of benzene rings is 2. The number of aromatic nitrogens is 1. The van der Waals surface area contributed by atoms with Crippen molar-refractivity contribution in [3.8, 4) is 0 Å². The molecule has 2 bridgehead atoms. The molecule has 3 heterocycles. The zero-order chi connectivity index (χ0) is 23.3. The molecule has 1 N–H and O–H groups in total. The Balaban J connectivity index is 1.33. The number of hydrogen-bond donors (Lipinski definition) is 1. The van der Waals surface area contributed by atoms with Crippen molar-refractivity contribution in [1.82, 2.24) is 4.98 Å². The number of anilines is 1. The van der Waals surface area contributed by atoms with E-state index < -0.39 is 5.82 Å². The first kappa shape index (κ1) is 21.1. The molecule has 0 radical (unpaired) electrons. The molecule has 9 heteroatoms. The molecule has 34 heavy (non-hydrogen) atoms. The summed E-state index contributed by atoms with van der Waals surface area (Å²) >= 11 is 6.52. The summed E-state index contributed by atoms with van der Waals surface area (Å²) in [5.74, 6) is -1.17. The summed E-state index contributed by atoms with van der Waals surface area (Å²) in [5, 5.41) is 1.05. The Labute approximate surface area is 210 Å². The second-order valence-corrected chi connectivity index (χ2v) is 12.6. The van der Waals surface area contributed by atoms with E-state index in [4.69, 9.17) is 0 Å². The van der Waals surface area contributed by atoms with Crippen LogP contribution in [0.3, 0.4) is 0 Å². The molecule has 5 unspecified atom stereocenters. The summed E-state index contributed by atoms with van der Waals surface area (Å²) in [6.07, 6.45) is 0.843. The highest BCUT2D eigenvalue weighted by Gasteiger charge is 2.69. The number of rotatable bonds is 2. The number of nitrogens with one attached hydrogen (secondary N) is 1. The van der Waals surface area contributed by atoms with E-state index in [0.717, 1.165) is 26.4 Å². The number of H-pyrrole nitrogens is 1. The van der Waals surface area contributed by atoms with Gasteiger partial charge in [-0.25, -0.2) is 4.39 Å².